The van der Waals surface area contributed by atoms with Gasteiger partial charge in [0.1, 0.15) is 6.04 Å². The number of fused-ring (bicyclic) bond motifs is 1. The van der Waals surface area contributed by atoms with Crippen LogP contribution in [0.15, 0.2) is 58.9 Å². The second kappa shape index (κ2) is 8.51. The van der Waals surface area contributed by atoms with Crippen LogP contribution in [0.1, 0.15) is 24.1 Å². The SMILES string of the molecule is CC1=C(C(N)=O)C(c2ccc(Cl)cc2Cl)n2nc(SCc3ccccc3Cl)nc2N1. The molecule has 0 radical (unpaired) electrons. The lowest BCUT2D eigenvalue weighted by molar-refractivity contribution is -0.115. The summed E-state index contributed by atoms with van der Waals surface area (Å²) in [7, 11) is 0. The third kappa shape index (κ3) is 4.03. The number of hydrogen-bond donors (Lipinski definition) is 2. The number of rotatable bonds is 5. The molecule has 3 N–H and O–H groups in total. The molecule has 3 aromatic rings. The summed E-state index contributed by atoms with van der Waals surface area (Å²) in [5.74, 6) is 0.530. The number of carbonyl (C=O) groups excluding carboxylic acids is 1. The number of carbonyl (C=O) groups is 1. The standard InChI is InChI=1S/C20H16Cl3N5OS/c1-10-16(18(24)29)17(13-7-6-12(21)8-15(13)23)28-19(25-10)26-20(27-28)30-9-11-4-2-3-5-14(11)22/h2-8,17H,9H2,1H3,(H2,24,29)(H,25,26,27). The van der Waals surface area contributed by atoms with Crippen molar-refractivity contribution in [2.45, 2.75) is 23.9 Å². The predicted molar refractivity (Wildman–Crippen MR) is 121 cm³/mol. The van der Waals surface area contributed by atoms with Crippen LogP contribution in [-0.4, -0.2) is 20.7 Å². The first-order valence-electron chi connectivity index (χ1n) is 8.90. The summed E-state index contributed by atoms with van der Waals surface area (Å²) in [6, 6.07) is 12.1. The average Bonchev–Trinajstić information content (AvgIpc) is 3.09. The fourth-order valence-electron chi connectivity index (χ4n) is 3.28. The van der Waals surface area contributed by atoms with Gasteiger partial charge < -0.3 is 11.1 Å². The van der Waals surface area contributed by atoms with E-state index in [4.69, 9.17) is 40.5 Å². The van der Waals surface area contributed by atoms with E-state index in [1.54, 1.807) is 29.8 Å². The van der Waals surface area contributed by atoms with Crippen LogP contribution in [0.3, 0.4) is 0 Å². The van der Waals surface area contributed by atoms with E-state index in [-0.39, 0.29) is 0 Å². The van der Waals surface area contributed by atoms with Crippen molar-refractivity contribution in [3.05, 3.63) is 79.9 Å². The summed E-state index contributed by atoms with van der Waals surface area (Å²) in [6.45, 7) is 1.77. The Morgan fingerprint density at radius 3 is 2.67 bits per heavy atom. The highest BCUT2D eigenvalue weighted by Gasteiger charge is 2.34. The number of nitrogens with two attached hydrogens (primary N) is 1. The first-order chi connectivity index (χ1) is 14.3. The van der Waals surface area contributed by atoms with Gasteiger partial charge in [-0.2, -0.15) is 4.98 Å². The molecule has 0 aliphatic carbocycles. The largest absolute Gasteiger partial charge is 0.366 e. The van der Waals surface area contributed by atoms with Gasteiger partial charge in [0, 0.05) is 32.1 Å². The minimum absolute atomic E-state index is 0.360. The summed E-state index contributed by atoms with van der Waals surface area (Å²) in [6.07, 6.45) is 0. The van der Waals surface area contributed by atoms with Crippen molar-refractivity contribution in [2.75, 3.05) is 5.32 Å². The average molecular weight is 481 g/mol. The molecule has 4 rings (SSSR count). The topological polar surface area (TPSA) is 85.8 Å². The van der Waals surface area contributed by atoms with Crippen LogP contribution in [-0.2, 0) is 10.5 Å². The smallest absolute Gasteiger partial charge is 0.248 e. The second-order valence-corrected chi connectivity index (χ2v) is 8.83. The number of nitrogens with one attached hydrogen (secondary N) is 1. The van der Waals surface area contributed by atoms with Crippen molar-refractivity contribution in [3.63, 3.8) is 0 Å². The van der Waals surface area contributed by atoms with E-state index < -0.39 is 11.9 Å². The Bertz CT molecular complexity index is 1180. The fraction of sp³-hybridized carbons (Fsp3) is 0.150. The van der Waals surface area contributed by atoms with Crippen LogP contribution in [0.2, 0.25) is 15.1 Å². The van der Waals surface area contributed by atoms with Crippen LogP contribution in [0.25, 0.3) is 0 Å². The lowest BCUT2D eigenvalue weighted by Crippen LogP contribution is -2.32. The van der Waals surface area contributed by atoms with Gasteiger partial charge in [-0.3, -0.25) is 4.79 Å². The van der Waals surface area contributed by atoms with Gasteiger partial charge in [0.15, 0.2) is 0 Å². The zero-order valence-corrected chi connectivity index (χ0v) is 18.8. The maximum Gasteiger partial charge on any atom is 0.248 e. The fourth-order valence-corrected chi connectivity index (χ4v) is 4.91. The molecule has 0 saturated heterocycles. The van der Waals surface area contributed by atoms with Gasteiger partial charge in [-0.15, -0.1) is 5.10 Å². The van der Waals surface area contributed by atoms with Crippen molar-refractivity contribution in [1.29, 1.82) is 0 Å². The van der Waals surface area contributed by atoms with Crippen LogP contribution in [0, 0.1) is 0 Å². The quantitative estimate of drug-likeness (QED) is 0.484. The third-order valence-electron chi connectivity index (χ3n) is 4.67. The first-order valence-corrected chi connectivity index (χ1v) is 11.0. The molecule has 0 bridgehead atoms. The van der Waals surface area contributed by atoms with Crippen molar-refractivity contribution in [3.8, 4) is 0 Å². The molecule has 154 valence electrons. The summed E-state index contributed by atoms with van der Waals surface area (Å²) in [4.78, 5) is 16.8. The summed E-state index contributed by atoms with van der Waals surface area (Å²) in [5.41, 5.74) is 8.29. The van der Waals surface area contributed by atoms with Gasteiger partial charge >= 0.3 is 0 Å². The number of hydrogen-bond acceptors (Lipinski definition) is 5. The van der Waals surface area contributed by atoms with Gasteiger partial charge in [0.2, 0.25) is 17.0 Å². The lowest BCUT2D eigenvalue weighted by Gasteiger charge is -2.28. The molecule has 1 unspecified atom stereocenters. The van der Waals surface area contributed by atoms with Crippen LogP contribution in [0.5, 0.6) is 0 Å². The number of amides is 1. The number of nitrogens with zero attached hydrogens (tertiary/aromatic N) is 3. The monoisotopic (exact) mass is 479 g/mol. The van der Waals surface area contributed by atoms with Crippen LogP contribution < -0.4 is 11.1 Å². The number of benzene rings is 2. The number of anilines is 1. The Labute approximate surface area is 192 Å². The normalized spacial score (nSPS) is 15.7. The summed E-state index contributed by atoms with van der Waals surface area (Å²) < 4.78 is 1.62. The number of thioether (sulfide) groups is 1. The number of aromatic nitrogens is 3. The Morgan fingerprint density at radius 1 is 1.20 bits per heavy atom. The Morgan fingerprint density at radius 2 is 1.97 bits per heavy atom. The van der Waals surface area contributed by atoms with Crippen molar-refractivity contribution in [2.24, 2.45) is 5.73 Å². The number of halogens is 3. The summed E-state index contributed by atoms with van der Waals surface area (Å²) in [5, 5.41) is 9.85. The minimum Gasteiger partial charge on any atom is -0.366 e. The second-order valence-electron chi connectivity index (χ2n) is 6.64. The molecule has 2 heterocycles. The highest BCUT2D eigenvalue weighted by atomic mass is 35.5. The molecule has 0 spiro atoms. The Kier molecular flexibility index (Phi) is 5.97. The molecule has 0 saturated carbocycles. The Balaban J connectivity index is 1.73. The number of allylic oxidation sites excluding steroid dienone is 1. The van der Waals surface area contributed by atoms with E-state index in [1.807, 2.05) is 24.3 Å². The molecule has 6 nitrogen and oxygen atoms in total. The highest BCUT2D eigenvalue weighted by molar-refractivity contribution is 7.98. The zero-order chi connectivity index (χ0) is 21.4. The van der Waals surface area contributed by atoms with E-state index in [0.717, 1.165) is 5.56 Å². The molecule has 2 aromatic carbocycles. The molecular weight excluding hydrogens is 465 g/mol. The maximum absolute atomic E-state index is 12.3. The highest BCUT2D eigenvalue weighted by Crippen LogP contribution is 2.39. The first kappa shape index (κ1) is 21.1. The molecule has 1 atom stereocenters. The van der Waals surface area contributed by atoms with E-state index in [2.05, 4.69) is 15.4 Å². The molecule has 1 aliphatic heterocycles. The molecule has 1 aliphatic rings. The van der Waals surface area contributed by atoms with Crippen molar-refractivity contribution in [1.82, 2.24) is 14.8 Å². The molecule has 1 aromatic heterocycles. The predicted octanol–water partition coefficient (Wildman–Crippen LogP) is 5.30. The minimum atomic E-state index is -0.620. The maximum atomic E-state index is 12.3. The Hall–Kier alpha value is -2.19. The van der Waals surface area contributed by atoms with Gasteiger partial charge in [0.05, 0.1) is 5.57 Å². The van der Waals surface area contributed by atoms with E-state index in [1.165, 1.54) is 11.8 Å². The van der Waals surface area contributed by atoms with Crippen molar-refractivity contribution < 1.29 is 4.79 Å². The lowest BCUT2D eigenvalue weighted by atomic mass is 9.95. The van der Waals surface area contributed by atoms with E-state index in [9.17, 15) is 4.79 Å². The zero-order valence-electron chi connectivity index (χ0n) is 15.7. The van der Waals surface area contributed by atoms with Gasteiger partial charge in [-0.1, -0.05) is 70.8 Å². The van der Waals surface area contributed by atoms with Crippen molar-refractivity contribution >= 4 is 58.4 Å². The van der Waals surface area contributed by atoms with E-state index in [0.29, 0.717) is 48.8 Å². The third-order valence-corrected chi connectivity index (χ3v) is 6.49. The molecule has 1 amide bonds. The molecule has 10 heteroatoms. The molecular formula is C20H16Cl3N5OS. The van der Waals surface area contributed by atoms with Gasteiger partial charge in [-0.05, 0) is 30.7 Å². The molecule has 0 fully saturated rings. The molecule has 30 heavy (non-hydrogen) atoms. The summed E-state index contributed by atoms with van der Waals surface area (Å²) >= 11 is 20.2. The van der Waals surface area contributed by atoms with Crippen LogP contribution >= 0.6 is 46.6 Å². The van der Waals surface area contributed by atoms with Crippen LogP contribution in [0.4, 0.5) is 5.95 Å². The van der Waals surface area contributed by atoms with Gasteiger partial charge in [0.25, 0.3) is 0 Å². The van der Waals surface area contributed by atoms with Gasteiger partial charge in [-0.25, -0.2) is 4.68 Å². The number of primary amides is 1. The van der Waals surface area contributed by atoms with E-state index >= 15 is 0 Å².